The van der Waals surface area contributed by atoms with Gasteiger partial charge in [0.05, 0.1) is 10.6 Å². The predicted molar refractivity (Wildman–Crippen MR) is 68.3 cm³/mol. The van der Waals surface area contributed by atoms with E-state index in [0.717, 1.165) is 5.56 Å². The molecule has 0 aliphatic carbocycles. The van der Waals surface area contributed by atoms with Gasteiger partial charge in [-0.1, -0.05) is 23.7 Å². The number of aromatic nitrogens is 1. The third-order valence-electron chi connectivity index (χ3n) is 2.43. The highest BCUT2D eigenvalue weighted by atomic mass is 35.5. The summed E-state index contributed by atoms with van der Waals surface area (Å²) in [7, 11) is 0. The number of benzene rings is 1. The molecule has 2 aromatic rings. The summed E-state index contributed by atoms with van der Waals surface area (Å²) in [5.41, 5.74) is 0.613. The van der Waals surface area contributed by atoms with Crippen LogP contribution in [0.2, 0.25) is 5.02 Å². The van der Waals surface area contributed by atoms with Gasteiger partial charge in [-0.2, -0.15) is 0 Å². The van der Waals surface area contributed by atoms with E-state index in [-0.39, 0.29) is 10.6 Å². The normalized spacial score (nSPS) is 10.2. The van der Waals surface area contributed by atoms with Crippen molar-refractivity contribution >= 4 is 23.3 Å². The minimum atomic E-state index is -0.659. The number of anilines is 1. The van der Waals surface area contributed by atoms with Crippen LogP contribution in [0.25, 0.3) is 0 Å². The molecule has 1 heterocycles. The average Bonchev–Trinajstić information content (AvgIpc) is 2.32. The zero-order chi connectivity index (χ0) is 13.1. The summed E-state index contributed by atoms with van der Waals surface area (Å²) in [6, 6.07) is 7.64. The molecule has 5 heteroatoms. The van der Waals surface area contributed by atoms with Gasteiger partial charge in [0, 0.05) is 6.20 Å². The van der Waals surface area contributed by atoms with Gasteiger partial charge in [0.15, 0.2) is 0 Å². The van der Waals surface area contributed by atoms with Crippen LogP contribution in [0.1, 0.15) is 15.9 Å². The minimum Gasteiger partial charge on any atom is -0.306 e. The van der Waals surface area contributed by atoms with Crippen LogP contribution >= 0.6 is 11.6 Å². The largest absolute Gasteiger partial charge is 0.306 e. The molecule has 3 nitrogen and oxygen atoms in total. The van der Waals surface area contributed by atoms with E-state index < -0.39 is 11.7 Å². The molecular weight excluding hydrogens is 255 g/mol. The average molecular weight is 265 g/mol. The van der Waals surface area contributed by atoms with E-state index in [4.69, 9.17) is 11.6 Å². The number of aryl methyl sites for hydroxylation is 1. The smallest absolute Gasteiger partial charge is 0.261 e. The number of amides is 1. The maximum atomic E-state index is 13.5. The SMILES string of the molecule is Cc1cccnc1NC(=O)c1c(F)cccc1Cl. The summed E-state index contributed by atoms with van der Waals surface area (Å²) in [5.74, 6) is -0.879. The molecule has 0 aliphatic rings. The van der Waals surface area contributed by atoms with E-state index in [2.05, 4.69) is 10.3 Å². The van der Waals surface area contributed by atoms with Gasteiger partial charge in [-0.25, -0.2) is 9.37 Å². The van der Waals surface area contributed by atoms with Gasteiger partial charge in [-0.05, 0) is 30.7 Å². The summed E-state index contributed by atoms with van der Waals surface area (Å²) < 4.78 is 13.5. The van der Waals surface area contributed by atoms with Gasteiger partial charge in [-0.15, -0.1) is 0 Å². The number of nitrogens with zero attached hydrogens (tertiary/aromatic N) is 1. The highest BCUT2D eigenvalue weighted by molar-refractivity contribution is 6.34. The van der Waals surface area contributed by atoms with Crippen LogP contribution in [-0.4, -0.2) is 10.9 Å². The minimum absolute atomic E-state index is 0.0704. The molecule has 0 atom stereocenters. The molecule has 0 spiro atoms. The number of rotatable bonds is 2. The predicted octanol–water partition coefficient (Wildman–Crippen LogP) is 3.43. The maximum Gasteiger partial charge on any atom is 0.261 e. The molecule has 1 N–H and O–H groups in total. The van der Waals surface area contributed by atoms with Crippen molar-refractivity contribution in [2.24, 2.45) is 0 Å². The Labute approximate surface area is 109 Å². The van der Waals surface area contributed by atoms with Crippen molar-refractivity contribution in [3.05, 3.63) is 58.5 Å². The lowest BCUT2D eigenvalue weighted by molar-refractivity contribution is 0.102. The summed E-state index contributed by atoms with van der Waals surface area (Å²) in [6.45, 7) is 1.80. The van der Waals surface area contributed by atoms with Gasteiger partial charge in [0.1, 0.15) is 11.6 Å². The van der Waals surface area contributed by atoms with Gasteiger partial charge in [0.25, 0.3) is 5.91 Å². The van der Waals surface area contributed by atoms with Crippen molar-refractivity contribution in [2.75, 3.05) is 5.32 Å². The monoisotopic (exact) mass is 264 g/mol. The van der Waals surface area contributed by atoms with Crippen molar-refractivity contribution in [1.29, 1.82) is 0 Å². The Kier molecular flexibility index (Phi) is 3.58. The Hall–Kier alpha value is -1.94. The zero-order valence-electron chi connectivity index (χ0n) is 9.58. The maximum absolute atomic E-state index is 13.5. The van der Waals surface area contributed by atoms with Gasteiger partial charge >= 0.3 is 0 Å². The van der Waals surface area contributed by atoms with E-state index >= 15 is 0 Å². The summed E-state index contributed by atoms with van der Waals surface area (Å²) in [5, 5.41) is 2.60. The van der Waals surface area contributed by atoms with Crippen LogP contribution in [0, 0.1) is 12.7 Å². The molecule has 0 unspecified atom stereocenters. The first kappa shape index (κ1) is 12.5. The number of halogens is 2. The van der Waals surface area contributed by atoms with Crippen molar-refractivity contribution in [3.63, 3.8) is 0 Å². The summed E-state index contributed by atoms with van der Waals surface area (Å²) >= 11 is 5.81. The molecule has 0 radical (unpaired) electrons. The lowest BCUT2D eigenvalue weighted by atomic mass is 10.2. The number of hydrogen-bond donors (Lipinski definition) is 1. The van der Waals surface area contributed by atoms with Crippen molar-refractivity contribution < 1.29 is 9.18 Å². The second-order valence-corrected chi connectivity index (χ2v) is 4.13. The highest BCUT2D eigenvalue weighted by Crippen LogP contribution is 2.20. The third kappa shape index (κ3) is 2.49. The van der Waals surface area contributed by atoms with Crippen LogP contribution in [0.15, 0.2) is 36.5 Å². The van der Waals surface area contributed by atoms with Gasteiger partial charge in [0.2, 0.25) is 0 Å². The van der Waals surface area contributed by atoms with E-state index in [1.54, 1.807) is 25.3 Å². The zero-order valence-corrected chi connectivity index (χ0v) is 10.3. The molecule has 18 heavy (non-hydrogen) atoms. The summed E-state index contributed by atoms with van der Waals surface area (Å²) in [4.78, 5) is 15.9. The molecule has 2 rings (SSSR count). The lowest BCUT2D eigenvalue weighted by Crippen LogP contribution is -2.16. The molecular formula is C13H10ClFN2O. The molecule has 1 amide bonds. The Bertz CT molecular complexity index is 581. The van der Waals surface area contributed by atoms with Crippen LogP contribution in [0.4, 0.5) is 10.2 Å². The van der Waals surface area contributed by atoms with Crippen molar-refractivity contribution in [1.82, 2.24) is 4.98 Å². The lowest BCUT2D eigenvalue weighted by Gasteiger charge is -2.08. The first-order valence-corrected chi connectivity index (χ1v) is 5.64. The van der Waals surface area contributed by atoms with Crippen LogP contribution < -0.4 is 5.32 Å². The number of nitrogens with one attached hydrogen (secondary N) is 1. The van der Waals surface area contributed by atoms with Crippen LogP contribution in [0.5, 0.6) is 0 Å². The van der Waals surface area contributed by atoms with Crippen LogP contribution in [-0.2, 0) is 0 Å². The first-order valence-electron chi connectivity index (χ1n) is 5.26. The summed E-state index contributed by atoms with van der Waals surface area (Å²) in [6.07, 6.45) is 1.55. The molecule has 0 bridgehead atoms. The quantitative estimate of drug-likeness (QED) is 0.903. The molecule has 1 aromatic carbocycles. The van der Waals surface area contributed by atoms with Gasteiger partial charge in [-0.3, -0.25) is 4.79 Å². The van der Waals surface area contributed by atoms with E-state index in [0.29, 0.717) is 5.82 Å². The molecule has 0 fully saturated rings. The molecule has 0 aliphatic heterocycles. The fraction of sp³-hybridized carbons (Fsp3) is 0.0769. The topological polar surface area (TPSA) is 42.0 Å². The van der Waals surface area contributed by atoms with Crippen molar-refractivity contribution in [2.45, 2.75) is 6.92 Å². The van der Waals surface area contributed by atoms with E-state index in [1.165, 1.54) is 18.2 Å². The number of carbonyl (C=O) groups excluding carboxylic acids is 1. The second kappa shape index (κ2) is 5.14. The molecule has 0 saturated carbocycles. The Morgan fingerprint density at radius 2 is 2.11 bits per heavy atom. The number of carbonyl (C=O) groups is 1. The Balaban J connectivity index is 2.31. The molecule has 92 valence electrons. The molecule has 0 saturated heterocycles. The second-order valence-electron chi connectivity index (χ2n) is 3.72. The highest BCUT2D eigenvalue weighted by Gasteiger charge is 2.16. The standard InChI is InChI=1S/C13H10ClFN2O/c1-8-4-3-7-16-12(8)17-13(18)11-9(14)5-2-6-10(11)15/h2-7H,1H3,(H,16,17,18). The Morgan fingerprint density at radius 3 is 2.78 bits per heavy atom. The number of hydrogen-bond acceptors (Lipinski definition) is 2. The van der Waals surface area contributed by atoms with Gasteiger partial charge < -0.3 is 5.32 Å². The molecule has 1 aromatic heterocycles. The van der Waals surface area contributed by atoms with E-state index in [1.807, 2.05) is 0 Å². The fourth-order valence-electron chi connectivity index (χ4n) is 1.50. The first-order chi connectivity index (χ1) is 8.59. The third-order valence-corrected chi connectivity index (χ3v) is 2.75. The number of pyridine rings is 1. The fourth-order valence-corrected chi connectivity index (χ4v) is 1.75. The van der Waals surface area contributed by atoms with Crippen molar-refractivity contribution in [3.8, 4) is 0 Å². The van der Waals surface area contributed by atoms with E-state index in [9.17, 15) is 9.18 Å². The van der Waals surface area contributed by atoms with Crippen LogP contribution in [0.3, 0.4) is 0 Å². The Morgan fingerprint density at radius 1 is 1.33 bits per heavy atom.